The Bertz CT molecular complexity index is 801. The number of guanidine groups is 1. The van der Waals surface area contributed by atoms with Gasteiger partial charge < -0.3 is 19.8 Å². The van der Waals surface area contributed by atoms with Gasteiger partial charge in [0.2, 0.25) is 5.89 Å². The molecule has 1 atom stereocenters. The summed E-state index contributed by atoms with van der Waals surface area (Å²) in [6, 6.07) is 8.64. The molecule has 0 amide bonds. The first-order valence-corrected chi connectivity index (χ1v) is 10.8. The molecule has 2 N–H and O–H groups in total. The van der Waals surface area contributed by atoms with E-state index < -0.39 is 0 Å². The monoisotopic (exact) mass is 541 g/mol. The summed E-state index contributed by atoms with van der Waals surface area (Å²) in [5.74, 6) is 2.06. The number of hydrogen-bond donors (Lipinski definition) is 2. The van der Waals surface area contributed by atoms with Crippen molar-refractivity contribution in [3.63, 3.8) is 0 Å². The molecule has 2 heterocycles. The van der Waals surface area contributed by atoms with Crippen molar-refractivity contribution in [2.45, 2.75) is 39.8 Å². The van der Waals surface area contributed by atoms with Crippen LogP contribution in [0.4, 0.5) is 0 Å². The number of ether oxygens (including phenoxy) is 1. The van der Waals surface area contributed by atoms with Gasteiger partial charge in [-0.25, -0.2) is 4.98 Å². The van der Waals surface area contributed by atoms with Crippen LogP contribution in [0.3, 0.4) is 0 Å². The van der Waals surface area contributed by atoms with Gasteiger partial charge in [-0.15, -0.1) is 24.0 Å². The lowest BCUT2D eigenvalue weighted by molar-refractivity contribution is 0.0132. The van der Waals surface area contributed by atoms with Gasteiger partial charge in [-0.1, -0.05) is 31.5 Å². The highest BCUT2D eigenvalue weighted by molar-refractivity contribution is 14.0. The summed E-state index contributed by atoms with van der Waals surface area (Å²) in [5.41, 5.74) is 3.05. The third-order valence-electron chi connectivity index (χ3n) is 5.32. The summed E-state index contributed by atoms with van der Waals surface area (Å²) < 4.78 is 11.2. The molecule has 8 heteroatoms. The highest BCUT2D eigenvalue weighted by Gasteiger charge is 2.22. The molecule has 0 spiro atoms. The number of rotatable bonds is 8. The predicted octanol–water partition coefficient (Wildman–Crippen LogP) is 3.68. The van der Waals surface area contributed by atoms with Crippen molar-refractivity contribution in [1.82, 2.24) is 20.5 Å². The van der Waals surface area contributed by atoms with Crippen LogP contribution in [-0.4, -0.2) is 61.8 Å². The number of nitrogens with one attached hydrogen (secondary N) is 2. The summed E-state index contributed by atoms with van der Waals surface area (Å²) in [6.45, 7) is 11.6. The Balaban J connectivity index is 0.00000341. The average molecular weight is 541 g/mol. The van der Waals surface area contributed by atoms with Gasteiger partial charge in [0.15, 0.2) is 5.96 Å². The molecule has 1 aliphatic rings. The van der Waals surface area contributed by atoms with Gasteiger partial charge in [0, 0.05) is 38.3 Å². The Morgan fingerprint density at radius 1 is 1.16 bits per heavy atom. The maximum absolute atomic E-state index is 5.65. The maximum atomic E-state index is 5.65. The number of aliphatic imine (C=N–C) groups is 1. The van der Waals surface area contributed by atoms with E-state index in [4.69, 9.17) is 9.15 Å². The third kappa shape index (κ3) is 8.08. The van der Waals surface area contributed by atoms with Crippen molar-refractivity contribution in [2.24, 2.45) is 10.9 Å². The Hall–Kier alpha value is -1.65. The number of oxazole rings is 1. The smallest absolute Gasteiger partial charge is 0.226 e. The molecule has 1 fully saturated rings. The second-order valence-electron chi connectivity index (χ2n) is 8.25. The van der Waals surface area contributed by atoms with Gasteiger partial charge in [0.1, 0.15) is 6.26 Å². The van der Waals surface area contributed by atoms with Crippen molar-refractivity contribution in [2.75, 3.05) is 39.9 Å². The zero-order chi connectivity index (χ0) is 21.3. The Morgan fingerprint density at radius 3 is 2.52 bits per heavy atom. The highest BCUT2D eigenvalue weighted by atomic mass is 127. The number of hydrogen-bond acceptors (Lipinski definition) is 5. The number of aromatic nitrogens is 1. The van der Waals surface area contributed by atoms with Gasteiger partial charge >= 0.3 is 0 Å². The fraction of sp³-hybridized carbons (Fsp3) is 0.565. The van der Waals surface area contributed by atoms with Crippen molar-refractivity contribution in [3.8, 4) is 11.5 Å². The van der Waals surface area contributed by atoms with Crippen LogP contribution in [-0.2, 0) is 11.3 Å². The van der Waals surface area contributed by atoms with E-state index in [0.717, 1.165) is 56.5 Å². The second kappa shape index (κ2) is 13.0. The SMILES string of the molecule is CN=C(NCc1coc(-c2ccc(C)cc2)n1)NCC(CC(C)C)N1CCOCC1.I. The fourth-order valence-corrected chi connectivity index (χ4v) is 3.67. The normalized spacial score (nSPS) is 16.1. The van der Waals surface area contributed by atoms with Crippen LogP contribution >= 0.6 is 24.0 Å². The van der Waals surface area contributed by atoms with Gasteiger partial charge in [-0.05, 0) is 31.4 Å². The van der Waals surface area contributed by atoms with Crippen molar-refractivity contribution in [3.05, 3.63) is 41.8 Å². The number of benzene rings is 1. The summed E-state index contributed by atoms with van der Waals surface area (Å²) in [7, 11) is 1.79. The minimum absolute atomic E-state index is 0. The van der Waals surface area contributed by atoms with E-state index in [2.05, 4.69) is 58.4 Å². The second-order valence-corrected chi connectivity index (χ2v) is 8.25. The molecule has 1 saturated heterocycles. The molecule has 3 rings (SSSR count). The fourth-order valence-electron chi connectivity index (χ4n) is 3.67. The van der Waals surface area contributed by atoms with E-state index in [1.807, 2.05) is 12.1 Å². The van der Waals surface area contributed by atoms with Gasteiger partial charge in [-0.2, -0.15) is 0 Å². The quantitative estimate of drug-likeness (QED) is 0.302. The van der Waals surface area contributed by atoms with Crippen LogP contribution in [0, 0.1) is 12.8 Å². The lowest BCUT2D eigenvalue weighted by Crippen LogP contribution is -2.51. The molecule has 0 radical (unpaired) electrons. The van der Waals surface area contributed by atoms with E-state index >= 15 is 0 Å². The van der Waals surface area contributed by atoms with Crippen LogP contribution in [0.25, 0.3) is 11.5 Å². The molecule has 1 aromatic heterocycles. The van der Waals surface area contributed by atoms with Gasteiger partial charge in [-0.3, -0.25) is 9.89 Å². The number of halogens is 1. The molecule has 1 aromatic carbocycles. The van der Waals surface area contributed by atoms with Crippen LogP contribution in [0.5, 0.6) is 0 Å². The molecule has 7 nitrogen and oxygen atoms in total. The average Bonchev–Trinajstić information content (AvgIpc) is 3.23. The third-order valence-corrected chi connectivity index (χ3v) is 5.32. The minimum Gasteiger partial charge on any atom is -0.444 e. The van der Waals surface area contributed by atoms with Crippen LogP contribution < -0.4 is 10.6 Å². The molecular formula is C23H36IN5O2. The summed E-state index contributed by atoms with van der Waals surface area (Å²) in [4.78, 5) is 11.5. The zero-order valence-electron chi connectivity index (χ0n) is 19.1. The molecule has 2 aromatic rings. The molecule has 0 saturated carbocycles. The van der Waals surface area contributed by atoms with Gasteiger partial charge in [0.05, 0.1) is 25.5 Å². The minimum atomic E-state index is 0. The summed E-state index contributed by atoms with van der Waals surface area (Å²) in [5, 5.41) is 6.83. The number of nitrogens with zero attached hydrogens (tertiary/aromatic N) is 3. The molecule has 0 aliphatic carbocycles. The Morgan fingerprint density at radius 2 is 1.87 bits per heavy atom. The van der Waals surface area contributed by atoms with Crippen LogP contribution in [0.2, 0.25) is 0 Å². The van der Waals surface area contributed by atoms with Crippen LogP contribution in [0.1, 0.15) is 31.5 Å². The van der Waals surface area contributed by atoms with E-state index in [1.54, 1.807) is 13.3 Å². The number of morpholine rings is 1. The Labute approximate surface area is 203 Å². The largest absolute Gasteiger partial charge is 0.444 e. The maximum Gasteiger partial charge on any atom is 0.226 e. The first-order valence-electron chi connectivity index (χ1n) is 10.8. The standard InChI is InChI=1S/C23H35N5O2.HI/c1-17(2)13-21(28-9-11-29-12-10-28)15-26-23(24-4)25-14-20-16-30-22(27-20)19-7-5-18(3)6-8-19;/h5-8,16-17,21H,9-15H2,1-4H3,(H2,24,25,26);1H. The van der Waals surface area contributed by atoms with Crippen molar-refractivity contribution in [1.29, 1.82) is 0 Å². The molecule has 1 aliphatic heterocycles. The molecule has 1 unspecified atom stereocenters. The van der Waals surface area contributed by atoms with E-state index in [1.165, 1.54) is 5.56 Å². The molecule has 31 heavy (non-hydrogen) atoms. The summed E-state index contributed by atoms with van der Waals surface area (Å²) >= 11 is 0. The van der Waals surface area contributed by atoms with Crippen LogP contribution in [0.15, 0.2) is 39.9 Å². The zero-order valence-corrected chi connectivity index (χ0v) is 21.4. The highest BCUT2D eigenvalue weighted by Crippen LogP contribution is 2.19. The number of aryl methyl sites for hydroxylation is 1. The summed E-state index contributed by atoms with van der Waals surface area (Å²) in [6.07, 6.45) is 2.85. The first-order chi connectivity index (χ1) is 14.5. The van der Waals surface area contributed by atoms with E-state index in [-0.39, 0.29) is 24.0 Å². The molecular weight excluding hydrogens is 505 g/mol. The van der Waals surface area contributed by atoms with Gasteiger partial charge in [0.25, 0.3) is 0 Å². The topological polar surface area (TPSA) is 74.9 Å². The lowest BCUT2D eigenvalue weighted by Gasteiger charge is -2.35. The Kier molecular flexibility index (Phi) is 10.8. The first kappa shape index (κ1) is 25.6. The lowest BCUT2D eigenvalue weighted by atomic mass is 10.0. The predicted molar refractivity (Wildman–Crippen MR) is 136 cm³/mol. The van der Waals surface area contributed by atoms with Crippen molar-refractivity contribution >= 4 is 29.9 Å². The molecule has 172 valence electrons. The van der Waals surface area contributed by atoms with E-state index in [0.29, 0.717) is 24.4 Å². The van der Waals surface area contributed by atoms with Crippen molar-refractivity contribution < 1.29 is 9.15 Å². The molecule has 0 bridgehead atoms. The van der Waals surface area contributed by atoms with E-state index in [9.17, 15) is 0 Å².